The number of likely N-dealkylation sites (tertiary alicyclic amines) is 1. The molecule has 0 radical (unpaired) electrons. The fourth-order valence-electron chi connectivity index (χ4n) is 2.87. The van der Waals surface area contributed by atoms with E-state index in [0.717, 1.165) is 0 Å². The summed E-state index contributed by atoms with van der Waals surface area (Å²) in [5.74, 6) is 0.566. The molecule has 0 saturated carbocycles. The van der Waals surface area contributed by atoms with Gasteiger partial charge in [-0.2, -0.15) is 0 Å². The SMILES string of the molecule is CC1(CN2CCC(CO)CC2)CCNC1.Cl. The fourth-order valence-corrected chi connectivity index (χ4v) is 2.87. The molecular weight excluding hydrogens is 224 g/mol. The van der Waals surface area contributed by atoms with Gasteiger partial charge in [0, 0.05) is 19.7 Å². The van der Waals surface area contributed by atoms with Crippen LogP contribution in [0.1, 0.15) is 26.2 Å². The summed E-state index contributed by atoms with van der Waals surface area (Å²) in [6, 6.07) is 0. The second-order valence-corrected chi connectivity index (χ2v) is 5.64. The Morgan fingerprint density at radius 1 is 1.38 bits per heavy atom. The molecule has 2 saturated heterocycles. The van der Waals surface area contributed by atoms with E-state index < -0.39 is 0 Å². The minimum absolute atomic E-state index is 0. The monoisotopic (exact) mass is 248 g/mol. The molecule has 0 spiro atoms. The van der Waals surface area contributed by atoms with Crippen LogP contribution in [0.25, 0.3) is 0 Å². The Bertz CT molecular complexity index is 199. The number of nitrogens with zero attached hydrogens (tertiary/aromatic N) is 1. The van der Waals surface area contributed by atoms with Crippen molar-refractivity contribution < 1.29 is 5.11 Å². The van der Waals surface area contributed by atoms with E-state index in [9.17, 15) is 0 Å². The smallest absolute Gasteiger partial charge is 0.0460 e. The Morgan fingerprint density at radius 2 is 2.06 bits per heavy atom. The third-order valence-electron chi connectivity index (χ3n) is 4.03. The summed E-state index contributed by atoms with van der Waals surface area (Å²) >= 11 is 0. The lowest BCUT2D eigenvalue weighted by Crippen LogP contribution is -2.42. The normalized spacial score (nSPS) is 32.6. The van der Waals surface area contributed by atoms with E-state index in [1.54, 1.807) is 0 Å². The predicted octanol–water partition coefficient (Wildman–Crippen LogP) is 1.11. The first kappa shape index (κ1) is 14.2. The van der Waals surface area contributed by atoms with Crippen molar-refractivity contribution in [2.24, 2.45) is 11.3 Å². The summed E-state index contributed by atoms with van der Waals surface area (Å²) in [6.07, 6.45) is 3.67. The minimum atomic E-state index is 0. The number of rotatable bonds is 3. The van der Waals surface area contributed by atoms with E-state index in [1.807, 2.05) is 0 Å². The van der Waals surface area contributed by atoms with E-state index in [2.05, 4.69) is 17.1 Å². The number of piperidine rings is 1. The molecular formula is C12H25ClN2O. The molecule has 0 aromatic heterocycles. The summed E-state index contributed by atoms with van der Waals surface area (Å²) in [4.78, 5) is 2.58. The van der Waals surface area contributed by atoms with E-state index in [0.29, 0.717) is 17.9 Å². The Hall–Kier alpha value is 0.170. The molecule has 0 aromatic carbocycles. The van der Waals surface area contributed by atoms with Crippen LogP contribution in [0.4, 0.5) is 0 Å². The van der Waals surface area contributed by atoms with E-state index in [-0.39, 0.29) is 12.4 Å². The van der Waals surface area contributed by atoms with Gasteiger partial charge in [-0.15, -0.1) is 12.4 Å². The van der Waals surface area contributed by atoms with Gasteiger partial charge in [-0.05, 0) is 50.2 Å². The Kier molecular flexibility index (Phi) is 5.51. The molecule has 2 aliphatic heterocycles. The number of nitrogens with one attached hydrogen (secondary N) is 1. The van der Waals surface area contributed by atoms with Crippen molar-refractivity contribution in [3.8, 4) is 0 Å². The lowest BCUT2D eigenvalue weighted by Gasteiger charge is -2.36. The first-order valence-electron chi connectivity index (χ1n) is 6.26. The van der Waals surface area contributed by atoms with Crippen LogP contribution >= 0.6 is 12.4 Å². The van der Waals surface area contributed by atoms with Crippen molar-refractivity contribution >= 4 is 12.4 Å². The molecule has 1 unspecified atom stereocenters. The lowest BCUT2D eigenvalue weighted by atomic mass is 9.87. The highest BCUT2D eigenvalue weighted by molar-refractivity contribution is 5.85. The first-order chi connectivity index (χ1) is 7.22. The highest BCUT2D eigenvalue weighted by atomic mass is 35.5. The molecule has 16 heavy (non-hydrogen) atoms. The molecule has 1 atom stereocenters. The predicted molar refractivity (Wildman–Crippen MR) is 69.1 cm³/mol. The van der Waals surface area contributed by atoms with Crippen LogP contribution in [0.5, 0.6) is 0 Å². The van der Waals surface area contributed by atoms with Gasteiger partial charge in [-0.1, -0.05) is 6.92 Å². The quantitative estimate of drug-likeness (QED) is 0.786. The van der Waals surface area contributed by atoms with E-state index in [4.69, 9.17) is 5.11 Å². The highest BCUT2D eigenvalue weighted by Gasteiger charge is 2.31. The van der Waals surface area contributed by atoms with E-state index in [1.165, 1.54) is 52.0 Å². The number of halogens is 1. The largest absolute Gasteiger partial charge is 0.396 e. The molecule has 2 aliphatic rings. The highest BCUT2D eigenvalue weighted by Crippen LogP contribution is 2.27. The molecule has 0 aromatic rings. The standard InChI is InChI=1S/C12H24N2O.ClH/c1-12(4-5-13-9-12)10-14-6-2-11(8-15)3-7-14;/h11,13,15H,2-10H2,1H3;1H. The van der Waals surface area contributed by atoms with Gasteiger partial charge in [-0.3, -0.25) is 0 Å². The molecule has 96 valence electrons. The second-order valence-electron chi connectivity index (χ2n) is 5.64. The molecule has 2 N–H and O–H groups in total. The zero-order valence-electron chi connectivity index (χ0n) is 10.2. The zero-order chi connectivity index (χ0) is 10.7. The summed E-state index contributed by atoms with van der Waals surface area (Å²) in [5, 5.41) is 12.5. The Morgan fingerprint density at radius 3 is 2.56 bits per heavy atom. The molecule has 3 nitrogen and oxygen atoms in total. The molecule has 0 bridgehead atoms. The van der Waals surface area contributed by atoms with Crippen molar-refractivity contribution in [2.75, 3.05) is 39.3 Å². The summed E-state index contributed by atoms with van der Waals surface area (Å²) in [7, 11) is 0. The number of hydrogen-bond acceptors (Lipinski definition) is 3. The Balaban J connectivity index is 0.00000128. The van der Waals surface area contributed by atoms with Crippen LogP contribution in [-0.4, -0.2) is 49.3 Å². The van der Waals surface area contributed by atoms with Crippen LogP contribution in [-0.2, 0) is 0 Å². The fraction of sp³-hybridized carbons (Fsp3) is 1.00. The maximum absolute atomic E-state index is 9.08. The molecule has 0 amide bonds. The van der Waals surface area contributed by atoms with Crippen LogP contribution in [0.15, 0.2) is 0 Å². The average molecular weight is 249 g/mol. The zero-order valence-corrected chi connectivity index (χ0v) is 11.1. The van der Waals surface area contributed by atoms with E-state index >= 15 is 0 Å². The maximum atomic E-state index is 9.08. The molecule has 4 heteroatoms. The first-order valence-corrected chi connectivity index (χ1v) is 6.26. The van der Waals surface area contributed by atoms with Gasteiger partial charge in [0.2, 0.25) is 0 Å². The van der Waals surface area contributed by atoms with Gasteiger partial charge in [0.1, 0.15) is 0 Å². The van der Waals surface area contributed by atoms with Crippen molar-refractivity contribution in [1.29, 1.82) is 0 Å². The molecule has 2 rings (SSSR count). The van der Waals surface area contributed by atoms with Crippen LogP contribution in [0, 0.1) is 11.3 Å². The summed E-state index contributed by atoms with van der Waals surface area (Å²) in [5.41, 5.74) is 0.492. The molecule has 2 fully saturated rings. The van der Waals surface area contributed by atoms with Crippen molar-refractivity contribution in [1.82, 2.24) is 10.2 Å². The molecule has 2 heterocycles. The summed E-state index contributed by atoms with van der Waals surface area (Å²) in [6.45, 7) is 8.73. The van der Waals surface area contributed by atoms with Gasteiger partial charge in [0.15, 0.2) is 0 Å². The van der Waals surface area contributed by atoms with Crippen molar-refractivity contribution in [2.45, 2.75) is 26.2 Å². The summed E-state index contributed by atoms with van der Waals surface area (Å²) < 4.78 is 0. The van der Waals surface area contributed by atoms with Gasteiger partial charge < -0.3 is 15.3 Å². The van der Waals surface area contributed by atoms with Crippen molar-refractivity contribution in [3.05, 3.63) is 0 Å². The van der Waals surface area contributed by atoms with Crippen LogP contribution < -0.4 is 5.32 Å². The third-order valence-corrected chi connectivity index (χ3v) is 4.03. The maximum Gasteiger partial charge on any atom is 0.0460 e. The molecule has 0 aliphatic carbocycles. The number of aliphatic hydroxyl groups is 1. The Labute approximate surface area is 105 Å². The number of aliphatic hydroxyl groups excluding tert-OH is 1. The second kappa shape index (κ2) is 6.20. The van der Waals surface area contributed by atoms with Gasteiger partial charge >= 0.3 is 0 Å². The van der Waals surface area contributed by atoms with Gasteiger partial charge in [0.25, 0.3) is 0 Å². The minimum Gasteiger partial charge on any atom is -0.396 e. The average Bonchev–Trinajstić information content (AvgIpc) is 2.66. The van der Waals surface area contributed by atoms with Crippen molar-refractivity contribution in [3.63, 3.8) is 0 Å². The topological polar surface area (TPSA) is 35.5 Å². The van der Waals surface area contributed by atoms with Gasteiger partial charge in [0.05, 0.1) is 0 Å². The van der Waals surface area contributed by atoms with Crippen LogP contribution in [0.2, 0.25) is 0 Å². The van der Waals surface area contributed by atoms with Gasteiger partial charge in [-0.25, -0.2) is 0 Å². The number of hydrogen-bond donors (Lipinski definition) is 2. The third kappa shape index (κ3) is 3.59. The van der Waals surface area contributed by atoms with Crippen LogP contribution in [0.3, 0.4) is 0 Å². The lowest BCUT2D eigenvalue weighted by molar-refractivity contribution is 0.101.